The summed E-state index contributed by atoms with van der Waals surface area (Å²) in [7, 11) is -3.30. The van der Waals surface area contributed by atoms with E-state index in [0.717, 1.165) is 16.9 Å². The molecule has 4 aromatic rings. The molecule has 5 rings (SSSR count). The molecule has 166 valence electrons. The van der Waals surface area contributed by atoms with E-state index in [-0.39, 0.29) is 10.9 Å². The normalized spacial score (nSPS) is 17.2. The molecule has 1 atom stereocenters. The van der Waals surface area contributed by atoms with Gasteiger partial charge in [-0.25, -0.2) is 13.4 Å². The van der Waals surface area contributed by atoms with Gasteiger partial charge in [-0.15, -0.1) is 5.10 Å². The number of anilines is 2. The molecule has 0 saturated carbocycles. The highest BCUT2D eigenvalue weighted by Crippen LogP contribution is 2.36. The summed E-state index contributed by atoms with van der Waals surface area (Å²) < 4.78 is 31.0. The fraction of sp³-hybridized carbons (Fsp3) is 0.286. The summed E-state index contributed by atoms with van der Waals surface area (Å²) in [6.45, 7) is 4.02. The van der Waals surface area contributed by atoms with Crippen molar-refractivity contribution in [2.75, 3.05) is 36.6 Å². The second kappa shape index (κ2) is 7.61. The number of nitrogens with two attached hydrogens (primary N) is 1. The van der Waals surface area contributed by atoms with Crippen molar-refractivity contribution >= 4 is 32.5 Å². The standard InChI is InChI=1S/C21H23N7O3S/c1-13-12-31-10-9-27(13)18-11-16(14-3-5-15(6-4-14)32(2,29)30)19-20(22)26-28(21(19)24-18)17-7-8-23-25-17/h3-8,11,13H,9-10,12H2,1-2H3,(H2,22,26)(H,23,25). The summed E-state index contributed by atoms with van der Waals surface area (Å²) >= 11 is 0. The number of ether oxygens (including phenoxy) is 1. The van der Waals surface area contributed by atoms with Crippen LogP contribution in [0.5, 0.6) is 0 Å². The van der Waals surface area contributed by atoms with Gasteiger partial charge >= 0.3 is 0 Å². The van der Waals surface area contributed by atoms with Gasteiger partial charge in [-0.3, -0.25) is 5.10 Å². The average molecular weight is 454 g/mol. The predicted octanol–water partition coefficient (Wildman–Crippen LogP) is 2.02. The number of aromatic amines is 1. The molecule has 1 unspecified atom stereocenters. The van der Waals surface area contributed by atoms with Crippen LogP contribution in [0.3, 0.4) is 0 Å². The van der Waals surface area contributed by atoms with Crippen LogP contribution in [0.1, 0.15) is 6.92 Å². The average Bonchev–Trinajstić information content (AvgIpc) is 3.41. The molecule has 0 bridgehead atoms. The van der Waals surface area contributed by atoms with Crippen LogP contribution in [0.25, 0.3) is 28.0 Å². The fourth-order valence-electron chi connectivity index (χ4n) is 3.99. The number of pyridine rings is 1. The monoisotopic (exact) mass is 453 g/mol. The second-order valence-corrected chi connectivity index (χ2v) is 9.90. The van der Waals surface area contributed by atoms with Crippen LogP contribution in [-0.2, 0) is 14.6 Å². The van der Waals surface area contributed by atoms with E-state index in [1.165, 1.54) is 6.26 Å². The zero-order valence-corrected chi connectivity index (χ0v) is 18.5. The summed E-state index contributed by atoms with van der Waals surface area (Å²) in [6.07, 6.45) is 2.83. The molecule has 1 aliphatic rings. The van der Waals surface area contributed by atoms with Crippen LogP contribution in [0, 0.1) is 0 Å². The van der Waals surface area contributed by atoms with Crippen molar-refractivity contribution in [1.82, 2.24) is 25.0 Å². The van der Waals surface area contributed by atoms with Crippen molar-refractivity contribution in [2.45, 2.75) is 17.9 Å². The lowest BCUT2D eigenvalue weighted by Gasteiger charge is -2.34. The van der Waals surface area contributed by atoms with Crippen molar-refractivity contribution in [3.05, 3.63) is 42.6 Å². The Morgan fingerprint density at radius 2 is 2.00 bits per heavy atom. The number of benzene rings is 1. The Morgan fingerprint density at radius 1 is 1.22 bits per heavy atom. The molecule has 4 heterocycles. The van der Waals surface area contributed by atoms with Crippen LogP contribution in [0.4, 0.5) is 11.6 Å². The molecule has 32 heavy (non-hydrogen) atoms. The first kappa shape index (κ1) is 20.5. The van der Waals surface area contributed by atoms with Crippen molar-refractivity contribution < 1.29 is 13.2 Å². The molecule has 11 heteroatoms. The molecule has 1 fully saturated rings. The van der Waals surface area contributed by atoms with Crippen molar-refractivity contribution in [3.8, 4) is 16.9 Å². The fourth-order valence-corrected chi connectivity index (χ4v) is 4.62. The molecule has 0 spiro atoms. The van der Waals surface area contributed by atoms with Gasteiger partial charge in [0.25, 0.3) is 0 Å². The zero-order chi connectivity index (χ0) is 22.5. The van der Waals surface area contributed by atoms with E-state index in [1.54, 1.807) is 41.2 Å². The van der Waals surface area contributed by atoms with Crippen LogP contribution < -0.4 is 10.6 Å². The highest BCUT2D eigenvalue weighted by molar-refractivity contribution is 7.90. The van der Waals surface area contributed by atoms with Gasteiger partial charge in [0.05, 0.1) is 35.7 Å². The highest BCUT2D eigenvalue weighted by Gasteiger charge is 2.25. The van der Waals surface area contributed by atoms with Crippen molar-refractivity contribution in [2.24, 2.45) is 0 Å². The minimum absolute atomic E-state index is 0.148. The van der Waals surface area contributed by atoms with Crippen LogP contribution in [0.2, 0.25) is 0 Å². The van der Waals surface area contributed by atoms with Crippen molar-refractivity contribution in [3.63, 3.8) is 0 Å². The molecular formula is C21H23N7O3S. The van der Waals surface area contributed by atoms with Gasteiger partial charge in [0.1, 0.15) is 5.82 Å². The molecule has 3 N–H and O–H groups in total. The molecule has 0 amide bonds. The first-order chi connectivity index (χ1) is 15.3. The predicted molar refractivity (Wildman–Crippen MR) is 122 cm³/mol. The van der Waals surface area contributed by atoms with Crippen molar-refractivity contribution in [1.29, 1.82) is 0 Å². The number of morpholine rings is 1. The molecule has 0 radical (unpaired) electrons. The minimum Gasteiger partial charge on any atom is -0.382 e. The third-order valence-corrected chi connectivity index (χ3v) is 6.75. The summed E-state index contributed by atoms with van der Waals surface area (Å²) in [5.41, 5.74) is 8.58. The van der Waals surface area contributed by atoms with E-state index >= 15 is 0 Å². The molecule has 0 aliphatic carbocycles. The summed E-state index contributed by atoms with van der Waals surface area (Å²) in [4.78, 5) is 7.37. The molecule has 1 aliphatic heterocycles. The van der Waals surface area contributed by atoms with E-state index < -0.39 is 9.84 Å². The Balaban J connectivity index is 1.75. The maximum Gasteiger partial charge on any atom is 0.175 e. The van der Waals surface area contributed by atoms with Crippen LogP contribution in [-0.4, -0.2) is 65.4 Å². The number of H-pyrrole nitrogens is 1. The lowest BCUT2D eigenvalue weighted by atomic mass is 10.0. The minimum atomic E-state index is -3.30. The number of rotatable bonds is 4. The Hall–Kier alpha value is -3.44. The Kier molecular flexibility index (Phi) is 4.86. The number of aromatic nitrogens is 5. The second-order valence-electron chi connectivity index (χ2n) is 7.88. The summed E-state index contributed by atoms with van der Waals surface area (Å²) in [6, 6.07) is 10.7. The SMILES string of the molecule is CC1COCCN1c1cc(-c2ccc(S(C)(=O)=O)cc2)c2c(N)nn(-c3ccn[nH]3)c2n1. The third kappa shape index (κ3) is 3.49. The van der Waals surface area contributed by atoms with Crippen LogP contribution in [0.15, 0.2) is 47.5 Å². The number of nitrogens with zero attached hydrogens (tertiary/aromatic N) is 5. The van der Waals surface area contributed by atoms with Gasteiger partial charge in [-0.1, -0.05) is 12.1 Å². The summed E-state index contributed by atoms with van der Waals surface area (Å²) in [5, 5.41) is 12.1. The molecule has 1 saturated heterocycles. The highest BCUT2D eigenvalue weighted by atomic mass is 32.2. The largest absolute Gasteiger partial charge is 0.382 e. The van der Waals surface area contributed by atoms with Gasteiger partial charge in [-0.2, -0.15) is 9.78 Å². The van der Waals surface area contributed by atoms with E-state index in [2.05, 4.69) is 27.1 Å². The molecule has 1 aromatic carbocycles. The maximum absolute atomic E-state index is 11.9. The molecular weight excluding hydrogens is 430 g/mol. The molecule has 10 nitrogen and oxygen atoms in total. The number of nitrogen functional groups attached to an aromatic ring is 1. The number of hydrogen-bond acceptors (Lipinski definition) is 8. The Bertz CT molecular complexity index is 1380. The quantitative estimate of drug-likeness (QED) is 0.480. The zero-order valence-electron chi connectivity index (χ0n) is 17.7. The van der Waals surface area contributed by atoms with Gasteiger partial charge in [0.2, 0.25) is 0 Å². The summed E-state index contributed by atoms with van der Waals surface area (Å²) in [5.74, 6) is 1.74. The van der Waals surface area contributed by atoms with Crippen LogP contribution >= 0.6 is 0 Å². The van der Waals surface area contributed by atoms with Gasteiger partial charge in [0.15, 0.2) is 27.1 Å². The van der Waals surface area contributed by atoms with Gasteiger partial charge < -0.3 is 15.4 Å². The number of nitrogens with one attached hydrogen (secondary N) is 1. The smallest absolute Gasteiger partial charge is 0.175 e. The molecule has 3 aromatic heterocycles. The number of hydrogen-bond donors (Lipinski definition) is 2. The van der Waals surface area contributed by atoms with Gasteiger partial charge in [0, 0.05) is 24.4 Å². The van der Waals surface area contributed by atoms with E-state index in [4.69, 9.17) is 15.5 Å². The maximum atomic E-state index is 11.9. The third-order valence-electron chi connectivity index (χ3n) is 5.62. The number of sulfone groups is 1. The first-order valence-electron chi connectivity index (χ1n) is 10.2. The van der Waals surface area contributed by atoms with Gasteiger partial charge in [-0.05, 0) is 30.7 Å². The lowest BCUT2D eigenvalue weighted by molar-refractivity contribution is 0.0985. The van der Waals surface area contributed by atoms with E-state index in [9.17, 15) is 8.42 Å². The topological polar surface area (TPSA) is 132 Å². The lowest BCUT2D eigenvalue weighted by Crippen LogP contribution is -2.44. The number of fused-ring (bicyclic) bond motifs is 1. The Labute approximate surface area is 184 Å². The Morgan fingerprint density at radius 3 is 2.66 bits per heavy atom. The van der Waals surface area contributed by atoms with E-state index in [0.29, 0.717) is 42.4 Å². The first-order valence-corrected chi connectivity index (χ1v) is 12.1. The van der Waals surface area contributed by atoms with E-state index in [1.807, 2.05) is 6.07 Å².